The molecule has 0 radical (unpaired) electrons. The SMILES string of the molecule is COCc1ccc(C(O)c2ccc(OC)c(F)c2)cc1. The normalized spacial score (nSPS) is 12.2. The Morgan fingerprint density at radius 3 is 2.25 bits per heavy atom. The van der Waals surface area contributed by atoms with Crippen molar-refractivity contribution in [3.8, 4) is 5.75 Å². The van der Waals surface area contributed by atoms with Crippen LogP contribution in [0.15, 0.2) is 42.5 Å². The first-order chi connectivity index (χ1) is 9.65. The van der Waals surface area contributed by atoms with Crippen molar-refractivity contribution in [1.29, 1.82) is 0 Å². The van der Waals surface area contributed by atoms with E-state index in [2.05, 4.69) is 0 Å². The van der Waals surface area contributed by atoms with Crippen LogP contribution in [0.25, 0.3) is 0 Å². The number of methoxy groups -OCH3 is 2. The highest BCUT2D eigenvalue weighted by molar-refractivity contribution is 5.36. The van der Waals surface area contributed by atoms with E-state index in [0.717, 1.165) is 5.56 Å². The third-order valence-corrected chi connectivity index (χ3v) is 3.10. The summed E-state index contributed by atoms with van der Waals surface area (Å²) in [7, 11) is 3.03. The molecule has 106 valence electrons. The summed E-state index contributed by atoms with van der Waals surface area (Å²) in [6.45, 7) is 0.521. The zero-order valence-corrected chi connectivity index (χ0v) is 11.5. The van der Waals surface area contributed by atoms with Crippen molar-refractivity contribution in [2.75, 3.05) is 14.2 Å². The van der Waals surface area contributed by atoms with Gasteiger partial charge >= 0.3 is 0 Å². The van der Waals surface area contributed by atoms with Crippen LogP contribution in [-0.2, 0) is 11.3 Å². The largest absolute Gasteiger partial charge is 0.494 e. The summed E-state index contributed by atoms with van der Waals surface area (Å²) in [6, 6.07) is 11.8. The smallest absolute Gasteiger partial charge is 0.165 e. The highest BCUT2D eigenvalue weighted by Gasteiger charge is 2.13. The maximum absolute atomic E-state index is 13.6. The molecule has 0 bridgehead atoms. The first kappa shape index (κ1) is 14.5. The topological polar surface area (TPSA) is 38.7 Å². The van der Waals surface area contributed by atoms with Gasteiger partial charge in [0.05, 0.1) is 13.7 Å². The molecule has 0 fully saturated rings. The summed E-state index contributed by atoms with van der Waals surface area (Å²) in [5, 5.41) is 10.3. The number of ether oxygens (including phenoxy) is 2. The molecule has 1 atom stereocenters. The first-order valence-corrected chi connectivity index (χ1v) is 6.25. The van der Waals surface area contributed by atoms with E-state index in [1.54, 1.807) is 25.3 Å². The molecule has 0 aliphatic rings. The minimum Gasteiger partial charge on any atom is -0.494 e. The summed E-state index contributed by atoms with van der Waals surface area (Å²) in [5.74, 6) is -0.323. The molecule has 2 aromatic rings. The van der Waals surface area contributed by atoms with Crippen LogP contribution in [-0.4, -0.2) is 19.3 Å². The molecule has 20 heavy (non-hydrogen) atoms. The second-order valence-corrected chi connectivity index (χ2v) is 4.47. The molecule has 1 N–H and O–H groups in total. The maximum Gasteiger partial charge on any atom is 0.165 e. The molecular formula is C16H17FO3. The fourth-order valence-corrected chi connectivity index (χ4v) is 2.01. The summed E-state index contributed by atoms with van der Waals surface area (Å²) in [6.07, 6.45) is -0.869. The number of aliphatic hydroxyl groups excluding tert-OH is 1. The van der Waals surface area contributed by atoms with Gasteiger partial charge < -0.3 is 14.6 Å². The van der Waals surface area contributed by atoms with E-state index in [-0.39, 0.29) is 5.75 Å². The lowest BCUT2D eigenvalue weighted by Crippen LogP contribution is -2.01. The molecule has 2 rings (SSSR count). The first-order valence-electron chi connectivity index (χ1n) is 6.25. The zero-order chi connectivity index (χ0) is 14.5. The minimum absolute atomic E-state index is 0.163. The summed E-state index contributed by atoms with van der Waals surface area (Å²) in [4.78, 5) is 0. The fourth-order valence-electron chi connectivity index (χ4n) is 2.01. The molecule has 0 saturated carbocycles. The molecule has 3 nitrogen and oxygen atoms in total. The highest BCUT2D eigenvalue weighted by Crippen LogP contribution is 2.26. The third-order valence-electron chi connectivity index (χ3n) is 3.10. The second kappa shape index (κ2) is 6.50. The molecule has 2 aromatic carbocycles. The van der Waals surface area contributed by atoms with Gasteiger partial charge in [-0.1, -0.05) is 30.3 Å². The van der Waals surface area contributed by atoms with Crippen LogP contribution in [0.5, 0.6) is 5.75 Å². The van der Waals surface area contributed by atoms with Crippen molar-refractivity contribution in [2.45, 2.75) is 12.7 Å². The van der Waals surface area contributed by atoms with Gasteiger partial charge in [-0.15, -0.1) is 0 Å². The Morgan fingerprint density at radius 2 is 1.70 bits per heavy atom. The van der Waals surface area contributed by atoms with Gasteiger partial charge in [-0.2, -0.15) is 0 Å². The van der Waals surface area contributed by atoms with Gasteiger partial charge in [0.15, 0.2) is 11.6 Å². The number of hydrogen-bond acceptors (Lipinski definition) is 3. The fraction of sp³-hybridized carbons (Fsp3) is 0.250. The van der Waals surface area contributed by atoms with E-state index >= 15 is 0 Å². The minimum atomic E-state index is -0.869. The lowest BCUT2D eigenvalue weighted by Gasteiger charge is -2.13. The predicted molar refractivity (Wildman–Crippen MR) is 74.2 cm³/mol. The van der Waals surface area contributed by atoms with Gasteiger partial charge in [0, 0.05) is 7.11 Å². The Labute approximate surface area is 117 Å². The Balaban J connectivity index is 2.21. The van der Waals surface area contributed by atoms with Gasteiger partial charge in [0.2, 0.25) is 0 Å². The highest BCUT2D eigenvalue weighted by atomic mass is 19.1. The number of hydrogen-bond donors (Lipinski definition) is 1. The standard InChI is InChI=1S/C16H17FO3/c1-19-10-11-3-5-12(6-4-11)16(18)13-7-8-15(20-2)14(17)9-13/h3-9,16,18H,10H2,1-2H3. The van der Waals surface area contributed by atoms with E-state index in [1.807, 2.05) is 12.1 Å². The van der Waals surface area contributed by atoms with Crippen molar-refractivity contribution in [3.05, 3.63) is 65.0 Å². The molecular weight excluding hydrogens is 259 g/mol. The Hall–Kier alpha value is -1.91. The van der Waals surface area contributed by atoms with Crippen molar-refractivity contribution >= 4 is 0 Å². The molecule has 1 unspecified atom stereocenters. The maximum atomic E-state index is 13.6. The van der Waals surface area contributed by atoms with E-state index in [9.17, 15) is 9.50 Å². The van der Waals surface area contributed by atoms with Gasteiger partial charge in [-0.05, 0) is 28.8 Å². The molecule has 0 aromatic heterocycles. The Kier molecular flexibility index (Phi) is 4.71. The number of benzene rings is 2. The van der Waals surface area contributed by atoms with Crippen molar-refractivity contribution in [1.82, 2.24) is 0 Å². The summed E-state index contributed by atoms with van der Waals surface area (Å²) < 4.78 is 23.5. The van der Waals surface area contributed by atoms with Crippen LogP contribution < -0.4 is 4.74 Å². The van der Waals surface area contributed by atoms with Crippen LogP contribution in [0.2, 0.25) is 0 Å². The lowest BCUT2D eigenvalue weighted by molar-refractivity contribution is 0.184. The number of aliphatic hydroxyl groups is 1. The van der Waals surface area contributed by atoms with Crippen molar-refractivity contribution in [2.24, 2.45) is 0 Å². The van der Waals surface area contributed by atoms with Crippen molar-refractivity contribution in [3.63, 3.8) is 0 Å². The van der Waals surface area contributed by atoms with Crippen LogP contribution in [0.3, 0.4) is 0 Å². The number of halogens is 1. The lowest BCUT2D eigenvalue weighted by atomic mass is 10.0. The summed E-state index contributed by atoms with van der Waals surface area (Å²) in [5.41, 5.74) is 2.21. The quantitative estimate of drug-likeness (QED) is 0.912. The van der Waals surface area contributed by atoms with Gasteiger partial charge in [-0.3, -0.25) is 0 Å². The average Bonchev–Trinajstić information content (AvgIpc) is 2.47. The van der Waals surface area contributed by atoms with E-state index in [4.69, 9.17) is 9.47 Å². The molecule has 0 spiro atoms. The van der Waals surface area contributed by atoms with Crippen LogP contribution in [0, 0.1) is 5.82 Å². The third kappa shape index (κ3) is 3.15. The second-order valence-electron chi connectivity index (χ2n) is 4.47. The molecule has 0 aliphatic carbocycles. The Bertz CT molecular complexity index is 566. The molecule has 4 heteroatoms. The van der Waals surface area contributed by atoms with E-state index < -0.39 is 11.9 Å². The monoisotopic (exact) mass is 276 g/mol. The van der Waals surface area contributed by atoms with Crippen molar-refractivity contribution < 1.29 is 19.0 Å². The number of rotatable bonds is 5. The van der Waals surface area contributed by atoms with E-state index in [1.165, 1.54) is 19.2 Å². The molecule has 0 aliphatic heterocycles. The average molecular weight is 276 g/mol. The molecule has 0 heterocycles. The molecule has 0 saturated heterocycles. The van der Waals surface area contributed by atoms with Gasteiger partial charge in [0.1, 0.15) is 6.10 Å². The van der Waals surface area contributed by atoms with E-state index in [0.29, 0.717) is 17.7 Å². The van der Waals surface area contributed by atoms with Crippen LogP contribution in [0.1, 0.15) is 22.8 Å². The van der Waals surface area contributed by atoms with Crippen LogP contribution >= 0.6 is 0 Å². The zero-order valence-electron chi connectivity index (χ0n) is 11.5. The molecule has 0 amide bonds. The Morgan fingerprint density at radius 1 is 1.05 bits per heavy atom. The summed E-state index contributed by atoms with van der Waals surface area (Å²) >= 11 is 0. The van der Waals surface area contributed by atoms with Gasteiger partial charge in [-0.25, -0.2) is 4.39 Å². The van der Waals surface area contributed by atoms with Gasteiger partial charge in [0.25, 0.3) is 0 Å². The predicted octanol–water partition coefficient (Wildman–Crippen LogP) is 3.06. The van der Waals surface area contributed by atoms with Crippen LogP contribution in [0.4, 0.5) is 4.39 Å².